The Morgan fingerprint density at radius 1 is 0.607 bits per heavy atom. The Labute approximate surface area is 346 Å². The van der Waals surface area contributed by atoms with Gasteiger partial charge in [0.15, 0.2) is 0 Å². The first-order valence-corrected chi connectivity index (χ1v) is 19.1. The molecule has 56 heavy (non-hydrogen) atoms. The first kappa shape index (κ1) is 39.1. The monoisotopic (exact) mass is 916 g/mol. The van der Waals surface area contributed by atoms with Crippen LogP contribution in [0.2, 0.25) is 0 Å². The Morgan fingerprint density at radius 3 is 1.96 bits per heavy atom. The molecule has 5 aromatic carbocycles. The number of fused-ring (bicyclic) bond motifs is 3. The number of pyridine rings is 1. The van der Waals surface area contributed by atoms with E-state index < -0.39 is 0 Å². The van der Waals surface area contributed by atoms with Gasteiger partial charge in [-0.15, -0.1) is 48.1 Å². The zero-order valence-electron chi connectivity index (χ0n) is 33.7. The molecule has 0 bridgehead atoms. The molecule has 0 saturated carbocycles. The SMILES string of the molecule is CC(C)(C)c1cc(N2C=C(c3ccccc3)N(c3[c-]c(Oc4[c-]c5c(cc4)c4ccccc4n5-c4cc(C(C)(C)C)ccn4)ccc3)[CH-]2)cc(C(C)(C)C)c1.[Pt]. The number of hydrogen-bond donors (Lipinski definition) is 0. The molecule has 0 fully saturated rings. The third-order valence-corrected chi connectivity index (χ3v) is 10.4. The van der Waals surface area contributed by atoms with E-state index in [2.05, 4.69) is 199 Å². The molecule has 1 aliphatic heterocycles. The topological polar surface area (TPSA) is 33.5 Å². The molecule has 0 spiro atoms. The first-order chi connectivity index (χ1) is 26.1. The van der Waals surface area contributed by atoms with E-state index in [1.165, 1.54) is 16.7 Å². The Bertz CT molecular complexity index is 2530. The quantitative estimate of drug-likeness (QED) is 0.156. The fourth-order valence-corrected chi connectivity index (χ4v) is 7.13. The predicted octanol–water partition coefficient (Wildman–Crippen LogP) is 12.9. The summed E-state index contributed by atoms with van der Waals surface area (Å²) in [5, 5.41) is 2.24. The van der Waals surface area contributed by atoms with Gasteiger partial charge >= 0.3 is 0 Å². The summed E-state index contributed by atoms with van der Waals surface area (Å²) in [6.07, 6.45) is 4.12. The number of aromatic nitrogens is 2. The van der Waals surface area contributed by atoms with Crippen LogP contribution >= 0.6 is 0 Å². The number of rotatable bonds is 6. The zero-order valence-corrected chi connectivity index (χ0v) is 36.0. The van der Waals surface area contributed by atoms with Crippen LogP contribution in [0.5, 0.6) is 11.5 Å². The van der Waals surface area contributed by atoms with Crippen LogP contribution in [0, 0.1) is 18.8 Å². The van der Waals surface area contributed by atoms with Gasteiger partial charge < -0.3 is 19.1 Å². The van der Waals surface area contributed by atoms with Crippen molar-refractivity contribution in [3.63, 3.8) is 0 Å². The number of ether oxygens (including phenoxy) is 1. The van der Waals surface area contributed by atoms with Crippen LogP contribution in [0.4, 0.5) is 11.4 Å². The summed E-state index contributed by atoms with van der Waals surface area (Å²) in [7, 11) is 0. The standard InChI is InChI=1S/C50H49N4O.Pt/c1-48(2,3)35-24-25-51-47(29-35)54-44-21-14-13-20-42(44)43-23-22-41(31-45(43)54)55-40-19-15-18-38(30-40)53-33-52(32-46(53)34-16-11-10-12-17-34)39-27-36(49(4,5)6)26-37(28-39)50(7,8)9;/h10-29,32-33H,1-9H3;/q-3;. The van der Waals surface area contributed by atoms with E-state index in [9.17, 15) is 0 Å². The van der Waals surface area contributed by atoms with E-state index >= 15 is 0 Å². The van der Waals surface area contributed by atoms with Gasteiger partial charge in [-0.05, 0) is 80.4 Å². The van der Waals surface area contributed by atoms with Crippen LogP contribution < -0.4 is 14.5 Å². The minimum Gasteiger partial charge on any atom is -0.509 e. The van der Waals surface area contributed by atoms with Crippen molar-refractivity contribution in [2.24, 2.45) is 0 Å². The predicted molar refractivity (Wildman–Crippen MR) is 229 cm³/mol. The molecule has 0 saturated heterocycles. The Balaban J connectivity index is 0.00000480. The van der Waals surface area contributed by atoms with Crippen LogP contribution in [0.15, 0.2) is 128 Å². The Kier molecular flexibility index (Phi) is 10.3. The van der Waals surface area contributed by atoms with Gasteiger partial charge in [0.25, 0.3) is 0 Å². The molecule has 0 unspecified atom stereocenters. The zero-order chi connectivity index (χ0) is 38.7. The molecule has 7 aromatic rings. The smallest absolute Gasteiger partial charge is 0.135 e. The summed E-state index contributed by atoms with van der Waals surface area (Å²) in [5.74, 6) is 2.07. The van der Waals surface area contributed by atoms with E-state index in [1.807, 2.05) is 24.4 Å². The van der Waals surface area contributed by atoms with Crippen molar-refractivity contribution in [3.8, 4) is 17.3 Å². The van der Waals surface area contributed by atoms with E-state index in [0.29, 0.717) is 11.5 Å². The second-order valence-electron chi connectivity index (χ2n) is 17.6. The summed E-state index contributed by atoms with van der Waals surface area (Å²) < 4.78 is 8.78. The molecule has 2 aromatic heterocycles. The molecule has 0 atom stereocenters. The second-order valence-corrected chi connectivity index (χ2v) is 17.6. The molecular formula is C50H49N4OPt-3. The fourth-order valence-electron chi connectivity index (χ4n) is 7.13. The van der Waals surface area contributed by atoms with Gasteiger partial charge in [0, 0.05) is 55.7 Å². The molecule has 6 heteroatoms. The van der Waals surface area contributed by atoms with Gasteiger partial charge in [-0.1, -0.05) is 122 Å². The maximum Gasteiger partial charge on any atom is 0.135 e. The van der Waals surface area contributed by atoms with Gasteiger partial charge in [0.2, 0.25) is 0 Å². The molecule has 1 aliphatic rings. The Hall–Kier alpha value is -5.12. The summed E-state index contributed by atoms with van der Waals surface area (Å²) in [4.78, 5) is 9.27. The van der Waals surface area contributed by atoms with E-state index in [1.54, 1.807) is 0 Å². The number of anilines is 2. The van der Waals surface area contributed by atoms with Crippen molar-refractivity contribution >= 4 is 38.9 Å². The average molecular weight is 917 g/mol. The number of hydrogen-bond acceptors (Lipinski definition) is 4. The van der Waals surface area contributed by atoms with Crippen LogP contribution in [0.3, 0.4) is 0 Å². The maximum atomic E-state index is 6.59. The fraction of sp³-hybridized carbons (Fsp3) is 0.240. The molecular weight excluding hydrogens is 868 g/mol. The van der Waals surface area contributed by atoms with E-state index in [4.69, 9.17) is 9.72 Å². The van der Waals surface area contributed by atoms with Crippen molar-refractivity contribution < 1.29 is 25.8 Å². The molecule has 5 nitrogen and oxygen atoms in total. The molecule has 288 valence electrons. The van der Waals surface area contributed by atoms with Gasteiger partial charge in [0.05, 0.1) is 0 Å². The van der Waals surface area contributed by atoms with Crippen molar-refractivity contribution in [2.75, 3.05) is 9.80 Å². The van der Waals surface area contributed by atoms with Crippen LogP contribution in [-0.4, -0.2) is 9.55 Å². The van der Waals surface area contributed by atoms with Crippen molar-refractivity contribution in [1.82, 2.24) is 9.55 Å². The minimum absolute atomic E-state index is 0. The van der Waals surface area contributed by atoms with Gasteiger partial charge in [-0.25, -0.2) is 4.98 Å². The molecule has 3 heterocycles. The van der Waals surface area contributed by atoms with Crippen LogP contribution in [-0.2, 0) is 37.3 Å². The van der Waals surface area contributed by atoms with Gasteiger partial charge in [0.1, 0.15) is 5.82 Å². The second kappa shape index (κ2) is 14.8. The molecule has 0 radical (unpaired) electrons. The van der Waals surface area contributed by atoms with E-state index in [0.717, 1.165) is 50.3 Å². The van der Waals surface area contributed by atoms with Crippen molar-refractivity contribution in [3.05, 3.63) is 169 Å². The van der Waals surface area contributed by atoms with Crippen molar-refractivity contribution in [1.29, 1.82) is 0 Å². The Morgan fingerprint density at radius 2 is 1.27 bits per heavy atom. The summed E-state index contributed by atoms with van der Waals surface area (Å²) in [6.45, 7) is 22.5. The van der Waals surface area contributed by atoms with Gasteiger partial charge in [-0.3, -0.25) is 0 Å². The van der Waals surface area contributed by atoms with Crippen molar-refractivity contribution in [2.45, 2.75) is 78.6 Å². The summed E-state index contributed by atoms with van der Waals surface area (Å²) in [5.41, 5.74) is 9.98. The van der Waals surface area contributed by atoms with Crippen LogP contribution in [0.25, 0.3) is 33.3 Å². The summed E-state index contributed by atoms with van der Waals surface area (Å²) >= 11 is 0. The average Bonchev–Trinajstić information content (AvgIpc) is 3.74. The first-order valence-electron chi connectivity index (χ1n) is 19.1. The molecule has 0 amide bonds. The minimum atomic E-state index is -0.0134. The number of benzene rings is 5. The molecule has 8 rings (SSSR count). The maximum absolute atomic E-state index is 6.59. The van der Waals surface area contributed by atoms with Gasteiger partial charge in [-0.2, -0.15) is 12.1 Å². The third kappa shape index (κ3) is 7.67. The van der Waals surface area contributed by atoms with Crippen LogP contribution in [0.1, 0.15) is 84.6 Å². The largest absolute Gasteiger partial charge is 0.509 e. The molecule has 0 aliphatic carbocycles. The number of nitrogens with zero attached hydrogens (tertiary/aromatic N) is 4. The summed E-state index contributed by atoms with van der Waals surface area (Å²) in [6, 6.07) is 47.6. The normalized spacial score (nSPS) is 13.6. The van der Waals surface area contributed by atoms with E-state index in [-0.39, 0.29) is 37.3 Å². The number of para-hydroxylation sites is 1. The third-order valence-electron chi connectivity index (χ3n) is 10.4. The molecule has 0 N–H and O–H groups in total.